The fraction of sp³-hybridized carbons (Fsp3) is 0.571. The van der Waals surface area contributed by atoms with Crippen molar-refractivity contribution in [1.29, 1.82) is 0 Å². The Labute approximate surface area is 98.7 Å². The lowest BCUT2D eigenvalue weighted by molar-refractivity contribution is 0.198. The molecule has 0 saturated heterocycles. The summed E-state index contributed by atoms with van der Waals surface area (Å²) < 4.78 is 0. The van der Waals surface area contributed by atoms with Crippen molar-refractivity contribution < 1.29 is 5.11 Å². The van der Waals surface area contributed by atoms with Crippen molar-refractivity contribution in [2.75, 3.05) is 6.61 Å². The first-order valence-electron chi connectivity index (χ1n) is 6.10. The first-order valence-corrected chi connectivity index (χ1v) is 6.10. The summed E-state index contributed by atoms with van der Waals surface area (Å²) in [5, 5.41) is 12.8. The number of aliphatic hydroxyl groups excluding tert-OH is 1. The summed E-state index contributed by atoms with van der Waals surface area (Å²) in [7, 11) is 0. The van der Waals surface area contributed by atoms with Gasteiger partial charge in [-0.25, -0.2) is 0 Å². The topological polar surface area (TPSA) is 32.3 Å². The maximum absolute atomic E-state index is 9.33. The van der Waals surface area contributed by atoms with E-state index in [0.717, 1.165) is 6.42 Å². The highest BCUT2D eigenvalue weighted by Gasteiger charge is 2.17. The van der Waals surface area contributed by atoms with E-state index in [1.54, 1.807) is 0 Å². The maximum atomic E-state index is 9.33. The van der Waals surface area contributed by atoms with E-state index in [2.05, 4.69) is 50.4 Å². The van der Waals surface area contributed by atoms with Gasteiger partial charge in [-0.2, -0.15) is 0 Å². The SMILES string of the molecule is CCC(NC(CO)C(C)C)c1ccccc1. The van der Waals surface area contributed by atoms with Gasteiger partial charge in [-0.1, -0.05) is 51.1 Å². The molecule has 16 heavy (non-hydrogen) atoms. The van der Waals surface area contributed by atoms with Gasteiger partial charge in [0.15, 0.2) is 0 Å². The van der Waals surface area contributed by atoms with Gasteiger partial charge < -0.3 is 10.4 Å². The number of nitrogens with one attached hydrogen (secondary N) is 1. The molecule has 0 heterocycles. The van der Waals surface area contributed by atoms with Crippen LogP contribution in [0, 0.1) is 5.92 Å². The summed E-state index contributed by atoms with van der Waals surface area (Å²) in [6.07, 6.45) is 1.03. The lowest BCUT2D eigenvalue weighted by atomic mass is 9.99. The Morgan fingerprint density at radius 1 is 1.19 bits per heavy atom. The van der Waals surface area contributed by atoms with E-state index in [1.807, 2.05) is 6.07 Å². The predicted octanol–water partition coefficient (Wildman–Crippen LogP) is 2.74. The van der Waals surface area contributed by atoms with Crippen LogP contribution in [0.5, 0.6) is 0 Å². The highest BCUT2D eigenvalue weighted by molar-refractivity contribution is 5.18. The minimum absolute atomic E-state index is 0.171. The van der Waals surface area contributed by atoms with Crippen molar-refractivity contribution in [3.8, 4) is 0 Å². The average molecular weight is 221 g/mol. The molecule has 1 aromatic rings. The molecule has 2 atom stereocenters. The second-order valence-corrected chi connectivity index (χ2v) is 4.57. The van der Waals surface area contributed by atoms with Crippen LogP contribution in [0.1, 0.15) is 38.8 Å². The number of aliphatic hydroxyl groups is 1. The van der Waals surface area contributed by atoms with Crippen LogP contribution in [0.15, 0.2) is 30.3 Å². The molecule has 0 fully saturated rings. The van der Waals surface area contributed by atoms with E-state index in [4.69, 9.17) is 0 Å². The van der Waals surface area contributed by atoms with Crippen LogP contribution in [0.4, 0.5) is 0 Å². The zero-order valence-corrected chi connectivity index (χ0v) is 10.5. The van der Waals surface area contributed by atoms with Crippen LogP contribution in [0.25, 0.3) is 0 Å². The van der Waals surface area contributed by atoms with E-state index < -0.39 is 0 Å². The fourth-order valence-corrected chi connectivity index (χ4v) is 1.85. The number of rotatable bonds is 6. The Kier molecular flexibility index (Phi) is 5.50. The highest BCUT2D eigenvalue weighted by atomic mass is 16.3. The Hall–Kier alpha value is -0.860. The molecule has 0 aliphatic rings. The molecule has 0 saturated carbocycles. The first kappa shape index (κ1) is 13.2. The third-order valence-electron chi connectivity index (χ3n) is 3.03. The zero-order chi connectivity index (χ0) is 12.0. The van der Waals surface area contributed by atoms with Gasteiger partial charge in [-0.15, -0.1) is 0 Å². The molecule has 2 unspecified atom stereocenters. The summed E-state index contributed by atoms with van der Waals surface area (Å²) in [6.45, 7) is 6.62. The number of hydrogen-bond donors (Lipinski definition) is 2. The van der Waals surface area contributed by atoms with Gasteiger partial charge in [0.2, 0.25) is 0 Å². The van der Waals surface area contributed by atoms with Gasteiger partial charge in [-0.05, 0) is 17.9 Å². The van der Waals surface area contributed by atoms with Gasteiger partial charge in [0.1, 0.15) is 0 Å². The summed E-state index contributed by atoms with van der Waals surface area (Å²) in [4.78, 5) is 0. The molecule has 0 radical (unpaired) electrons. The Morgan fingerprint density at radius 3 is 2.25 bits per heavy atom. The van der Waals surface area contributed by atoms with Crippen LogP contribution < -0.4 is 5.32 Å². The van der Waals surface area contributed by atoms with E-state index in [-0.39, 0.29) is 12.6 Å². The van der Waals surface area contributed by atoms with E-state index in [9.17, 15) is 5.11 Å². The van der Waals surface area contributed by atoms with Crippen molar-refractivity contribution in [1.82, 2.24) is 5.32 Å². The maximum Gasteiger partial charge on any atom is 0.0587 e. The van der Waals surface area contributed by atoms with Crippen molar-refractivity contribution in [3.63, 3.8) is 0 Å². The van der Waals surface area contributed by atoms with E-state index in [1.165, 1.54) is 5.56 Å². The van der Waals surface area contributed by atoms with Crippen molar-refractivity contribution >= 4 is 0 Å². The molecule has 2 N–H and O–H groups in total. The minimum atomic E-state index is 0.171. The van der Waals surface area contributed by atoms with Crippen molar-refractivity contribution in [2.24, 2.45) is 5.92 Å². The Bertz CT molecular complexity index is 284. The van der Waals surface area contributed by atoms with Gasteiger partial charge in [0.05, 0.1) is 6.61 Å². The lowest BCUT2D eigenvalue weighted by Gasteiger charge is -2.26. The largest absolute Gasteiger partial charge is 0.395 e. The standard InChI is InChI=1S/C14H23NO/c1-4-13(12-8-6-5-7-9-12)15-14(10-16)11(2)3/h5-9,11,13-16H,4,10H2,1-3H3. The molecule has 2 nitrogen and oxygen atoms in total. The highest BCUT2D eigenvalue weighted by Crippen LogP contribution is 2.18. The molecule has 1 rings (SSSR count). The second kappa shape index (κ2) is 6.66. The molecule has 0 aromatic heterocycles. The molecule has 2 heteroatoms. The fourth-order valence-electron chi connectivity index (χ4n) is 1.85. The summed E-state index contributed by atoms with van der Waals surface area (Å²) >= 11 is 0. The molecule has 0 aliphatic carbocycles. The number of benzene rings is 1. The van der Waals surface area contributed by atoms with Crippen LogP contribution in [0.2, 0.25) is 0 Å². The quantitative estimate of drug-likeness (QED) is 0.774. The monoisotopic (exact) mass is 221 g/mol. The smallest absolute Gasteiger partial charge is 0.0587 e. The first-order chi connectivity index (χ1) is 7.69. The second-order valence-electron chi connectivity index (χ2n) is 4.57. The third kappa shape index (κ3) is 3.62. The summed E-state index contributed by atoms with van der Waals surface area (Å²) in [5.74, 6) is 0.447. The van der Waals surface area contributed by atoms with Crippen LogP contribution in [0.3, 0.4) is 0 Å². The summed E-state index contributed by atoms with van der Waals surface area (Å²) in [5.41, 5.74) is 1.30. The molecular formula is C14H23NO. The Balaban J connectivity index is 2.68. The molecule has 0 bridgehead atoms. The third-order valence-corrected chi connectivity index (χ3v) is 3.03. The Morgan fingerprint density at radius 2 is 1.81 bits per heavy atom. The van der Waals surface area contributed by atoms with Gasteiger partial charge in [0.25, 0.3) is 0 Å². The number of hydrogen-bond acceptors (Lipinski definition) is 2. The zero-order valence-electron chi connectivity index (χ0n) is 10.5. The van der Waals surface area contributed by atoms with Crippen LogP contribution in [-0.2, 0) is 0 Å². The van der Waals surface area contributed by atoms with Gasteiger partial charge in [0, 0.05) is 12.1 Å². The molecule has 90 valence electrons. The van der Waals surface area contributed by atoms with E-state index in [0.29, 0.717) is 12.0 Å². The van der Waals surface area contributed by atoms with Gasteiger partial charge in [-0.3, -0.25) is 0 Å². The van der Waals surface area contributed by atoms with E-state index >= 15 is 0 Å². The summed E-state index contributed by atoms with van der Waals surface area (Å²) in [6, 6.07) is 10.9. The average Bonchev–Trinajstić information content (AvgIpc) is 2.31. The van der Waals surface area contributed by atoms with Crippen LogP contribution >= 0.6 is 0 Å². The normalized spacial score (nSPS) is 15.1. The predicted molar refractivity (Wildman–Crippen MR) is 68.3 cm³/mol. The van der Waals surface area contributed by atoms with Gasteiger partial charge >= 0.3 is 0 Å². The molecule has 0 aliphatic heterocycles. The molecule has 1 aromatic carbocycles. The lowest BCUT2D eigenvalue weighted by Crippen LogP contribution is -2.39. The van der Waals surface area contributed by atoms with Crippen LogP contribution in [-0.4, -0.2) is 17.8 Å². The van der Waals surface area contributed by atoms with Crippen molar-refractivity contribution in [3.05, 3.63) is 35.9 Å². The van der Waals surface area contributed by atoms with Crippen molar-refractivity contribution in [2.45, 2.75) is 39.3 Å². The molecule has 0 spiro atoms. The minimum Gasteiger partial charge on any atom is -0.395 e. The molecular weight excluding hydrogens is 198 g/mol. The molecule has 0 amide bonds.